The van der Waals surface area contributed by atoms with Crippen LogP contribution in [0.25, 0.3) is 0 Å². The van der Waals surface area contributed by atoms with Gasteiger partial charge in [-0.25, -0.2) is 0 Å². The first-order valence-corrected chi connectivity index (χ1v) is 9.34. The summed E-state index contributed by atoms with van der Waals surface area (Å²) >= 11 is 0. The fourth-order valence-corrected chi connectivity index (χ4v) is 3.98. The Morgan fingerprint density at radius 3 is 2.83 bits per heavy atom. The van der Waals surface area contributed by atoms with Gasteiger partial charge in [0.1, 0.15) is 0 Å². The van der Waals surface area contributed by atoms with Crippen LogP contribution in [0.5, 0.6) is 0 Å². The highest BCUT2D eigenvalue weighted by atomic mass is 16.5. The van der Waals surface area contributed by atoms with Gasteiger partial charge >= 0.3 is 0 Å². The van der Waals surface area contributed by atoms with Gasteiger partial charge in [0.2, 0.25) is 11.8 Å². The first-order valence-electron chi connectivity index (χ1n) is 9.34. The standard InChI is InChI=1S/C18H27N3O3/c1-23-11-9-18(17-19-15(24-20-17)13-6-7-13)8-3-10-21(12-18)16(22)14-4-2-5-14/h13-14H,2-12H2,1H3. The molecule has 3 aliphatic rings. The Kier molecular flexibility index (Phi) is 4.33. The molecule has 4 rings (SSSR count). The molecule has 0 radical (unpaired) electrons. The van der Waals surface area contributed by atoms with Gasteiger partial charge in [0.25, 0.3) is 0 Å². The van der Waals surface area contributed by atoms with Crippen molar-refractivity contribution in [1.82, 2.24) is 15.0 Å². The summed E-state index contributed by atoms with van der Waals surface area (Å²) in [5, 5.41) is 4.32. The van der Waals surface area contributed by atoms with Crippen LogP contribution < -0.4 is 0 Å². The van der Waals surface area contributed by atoms with E-state index in [1.807, 2.05) is 0 Å². The summed E-state index contributed by atoms with van der Waals surface area (Å²) in [4.78, 5) is 19.5. The van der Waals surface area contributed by atoms with Crippen LogP contribution in [-0.2, 0) is 14.9 Å². The summed E-state index contributed by atoms with van der Waals surface area (Å²) in [6, 6.07) is 0. The second-order valence-corrected chi connectivity index (χ2v) is 7.74. The number of rotatable bonds is 6. The monoisotopic (exact) mass is 333 g/mol. The molecular weight excluding hydrogens is 306 g/mol. The van der Waals surface area contributed by atoms with Crippen LogP contribution in [0.3, 0.4) is 0 Å². The van der Waals surface area contributed by atoms with Crippen LogP contribution in [0.2, 0.25) is 0 Å². The topological polar surface area (TPSA) is 68.5 Å². The summed E-state index contributed by atoms with van der Waals surface area (Å²) in [6.45, 7) is 2.21. The lowest BCUT2D eigenvalue weighted by Gasteiger charge is -2.43. The van der Waals surface area contributed by atoms with Gasteiger partial charge in [-0.1, -0.05) is 11.6 Å². The van der Waals surface area contributed by atoms with Crippen molar-refractivity contribution in [3.8, 4) is 0 Å². The SMILES string of the molecule is COCCC1(c2noc(C3CC3)n2)CCCN(C(=O)C2CCC2)C1. The molecule has 2 heterocycles. The zero-order valence-corrected chi connectivity index (χ0v) is 14.5. The van der Waals surface area contributed by atoms with E-state index in [1.54, 1.807) is 7.11 Å². The van der Waals surface area contributed by atoms with Crippen LogP contribution in [0.15, 0.2) is 4.52 Å². The Hall–Kier alpha value is -1.43. The Morgan fingerprint density at radius 1 is 1.33 bits per heavy atom. The van der Waals surface area contributed by atoms with Crippen molar-refractivity contribution in [2.75, 3.05) is 26.8 Å². The van der Waals surface area contributed by atoms with E-state index in [0.29, 0.717) is 25.0 Å². The van der Waals surface area contributed by atoms with Crippen molar-refractivity contribution >= 4 is 5.91 Å². The molecule has 1 saturated heterocycles. The number of nitrogens with zero attached hydrogens (tertiary/aromatic N) is 3. The van der Waals surface area contributed by atoms with Gasteiger partial charge in [-0.2, -0.15) is 4.98 Å². The first kappa shape index (κ1) is 16.1. The number of aromatic nitrogens is 2. The van der Waals surface area contributed by atoms with Crippen LogP contribution in [-0.4, -0.2) is 47.8 Å². The van der Waals surface area contributed by atoms with E-state index in [-0.39, 0.29) is 11.3 Å². The predicted molar refractivity (Wildman–Crippen MR) is 87.6 cm³/mol. The molecule has 6 heteroatoms. The smallest absolute Gasteiger partial charge is 0.229 e. The summed E-state index contributed by atoms with van der Waals surface area (Å²) < 4.78 is 10.9. The van der Waals surface area contributed by atoms with Gasteiger partial charge in [0.15, 0.2) is 5.82 Å². The van der Waals surface area contributed by atoms with E-state index in [2.05, 4.69) is 10.1 Å². The number of carbonyl (C=O) groups is 1. The van der Waals surface area contributed by atoms with Crippen LogP contribution >= 0.6 is 0 Å². The van der Waals surface area contributed by atoms with Gasteiger partial charge in [0, 0.05) is 38.6 Å². The Morgan fingerprint density at radius 2 is 2.17 bits per heavy atom. The fourth-order valence-electron chi connectivity index (χ4n) is 3.98. The Bertz CT molecular complexity index is 594. The Balaban J connectivity index is 1.55. The maximum atomic E-state index is 12.7. The van der Waals surface area contributed by atoms with E-state index in [4.69, 9.17) is 14.2 Å². The molecule has 0 bridgehead atoms. The lowest BCUT2D eigenvalue weighted by molar-refractivity contribution is -0.140. The van der Waals surface area contributed by atoms with E-state index >= 15 is 0 Å². The van der Waals surface area contributed by atoms with E-state index < -0.39 is 0 Å². The van der Waals surface area contributed by atoms with Crippen molar-refractivity contribution in [2.45, 2.75) is 62.7 Å². The summed E-state index contributed by atoms with van der Waals surface area (Å²) in [5.41, 5.74) is -0.218. The average molecular weight is 333 g/mol. The van der Waals surface area contributed by atoms with E-state index in [9.17, 15) is 4.79 Å². The molecule has 1 aromatic heterocycles. The van der Waals surface area contributed by atoms with Crippen molar-refractivity contribution in [1.29, 1.82) is 0 Å². The highest BCUT2D eigenvalue weighted by molar-refractivity contribution is 5.79. The third-order valence-corrected chi connectivity index (χ3v) is 5.97. The zero-order valence-electron chi connectivity index (χ0n) is 14.5. The highest BCUT2D eigenvalue weighted by Gasteiger charge is 2.44. The molecule has 6 nitrogen and oxygen atoms in total. The van der Waals surface area contributed by atoms with E-state index in [0.717, 1.165) is 63.2 Å². The molecule has 1 amide bonds. The highest BCUT2D eigenvalue weighted by Crippen LogP contribution is 2.42. The first-order chi connectivity index (χ1) is 11.7. The van der Waals surface area contributed by atoms with Crippen LogP contribution in [0.1, 0.15) is 69.0 Å². The third kappa shape index (κ3) is 2.96. The molecule has 24 heavy (non-hydrogen) atoms. The maximum absolute atomic E-state index is 12.7. The molecule has 2 saturated carbocycles. The minimum Gasteiger partial charge on any atom is -0.385 e. The molecule has 1 aromatic rings. The number of piperidine rings is 1. The Labute approximate surface area is 142 Å². The summed E-state index contributed by atoms with van der Waals surface area (Å²) in [5.74, 6) is 2.60. The fraction of sp³-hybridized carbons (Fsp3) is 0.833. The molecule has 0 spiro atoms. The quantitative estimate of drug-likeness (QED) is 0.800. The van der Waals surface area contributed by atoms with E-state index in [1.165, 1.54) is 6.42 Å². The van der Waals surface area contributed by atoms with Crippen LogP contribution in [0.4, 0.5) is 0 Å². The molecule has 1 aliphatic heterocycles. The van der Waals surface area contributed by atoms with Gasteiger partial charge in [0.05, 0.1) is 5.41 Å². The number of hydrogen-bond acceptors (Lipinski definition) is 5. The van der Waals surface area contributed by atoms with Gasteiger partial charge in [-0.05, 0) is 44.9 Å². The van der Waals surface area contributed by atoms with Gasteiger partial charge in [-0.15, -0.1) is 0 Å². The van der Waals surface area contributed by atoms with Crippen molar-refractivity contribution in [3.05, 3.63) is 11.7 Å². The van der Waals surface area contributed by atoms with Gasteiger partial charge in [-0.3, -0.25) is 4.79 Å². The maximum Gasteiger partial charge on any atom is 0.229 e. The third-order valence-electron chi connectivity index (χ3n) is 5.97. The summed E-state index contributed by atoms with van der Waals surface area (Å²) in [6.07, 6.45) is 8.42. The predicted octanol–water partition coefficient (Wildman–Crippen LogP) is 2.64. The lowest BCUT2D eigenvalue weighted by atomic mass is 9.75. The lowest BCUT2D eigenvalue weighted by Crippen LogP contribution is -2.51. The number of hydrogen-bond donors (Lipinski definition) is 0. The summed E-state index contributed by atoms with van der Waals surface area (Å²) in [7, 11) is 1.72. The molecule has 2 aliphatic carbocycles. The second kappa shape index (κ2) is 6.47. The van der Waals surface area contributed by atoms with Crippen LogP contribution in [0, 0.1) is 5.92 Å². The minimum atomic E-state index is -0.218. The molecule has 0 aromatic carbocycles. The zero-order chi connectivity index (χ0) is 16.6. The van der Waals surface area contributed by atoms with Crippen molar-refractivity contribution < 1.29 is 14.1 Å². The normalized spacial score (nSPS) is 28.0. The number of amides is 1. The number of likely N-dealkylation sites (tertiary alicyclic amines) is 1. The number of ether oxygens (including phenoxy) is 1. The molecule has 1 atom stereocenters. The molecular formula is C18H27N3O3. The largest absolute Gasteiger partial charge is 0.385 e. The average Bonchev–Trinajstić information content (AvgIpc) is 3.28. The van der Waals surface area contributed by atoms with Crippen molar-refractivity contribution in [2.24, 2.45) is 5.92 Å². The molecule has 0 N–H and O–H groups in total. The number of methoxy groups -OCH3 is 1. The van der Waals surface area contributed by atoms with Crippen molar-refractivity contribution in [3.63, 3.8) is 0 Å². The molecule has 132 valence electrons. The molecule has 3 fully saturated rings. The van der Waals surface area contributed by atoms with Gasteiger partial charge < -0.3 is 14.2 Å². The number of carbonyl (C=O) groups excluding carboxylic acids is 1. The minimum absolute atomic E-state index is 0.218. The second-order valence-electron chi connectivity index (χ2n) is 7.74. The molecule has 1 unspecified atom stereocenters.